The second-order valence-electron chi connectivity index (χ2n) is 4.94. The lowest BCUT2D eigenvalue weighted by molar-refractivity contribution is 0.425. The van der Waals surface area contributed by atoms with Crippen molar-refractivity contribution in [1.82, 2.24) is 4.98 Å². The van der Waals surface area contributed by atoms with Crippen LogP contribution < -0.4 is 0 Å². The van der Waals surface area contributed by atoms with E-state index in [1.807, 2.05) is 0 Å². The summed E-state index contributed by atoms with van der Waals surface area (Å²) >= 11 is 0. The number of aromatic amines is 1. The Labute approximate surface area is 116 Å². The highest BCUT2D eigenvalue weighted by Crippen LogP contribution is 2.20. The average Bonchev–Trinajstić information content (AvgIpc) is 2.70. The molecule has 0 aromatic carbocycles. The van der Waals surface area contributed by atoms with E-state index in [0.29, 0.717) is 5.56 Å². The fraction of sp³-hybridized carbons (Fsp3) is 0.625. The Morgan fingerprint density at radius 1 is 1.00 bits per heavy atom. The Morgan fingerprint density at radius 2 is 1.63 bits per heavy atom. The van der Waals surface area contributed by atoms with Gasteiger partial charge in [-0.2, -0.15) is 0 Å². The minimum Gasteiger partial charge on any atom is -0.494 e. The van der Waals surface area contributed by atoms with E-state index in [0.717, 1.165) is 12.8 Å². The first-order valence-electron chi connectivity index (χ1n) is 7.34. The van der Waals surface area contributed by atoms with Crippen LogP contribution in [0.2, 0.25) is 0 Å². The first-order valence-corrected chi connectivity index (χ1v) is 7.34. The Kier molecular flexibility index (Phi) is 7.65. The molecule has 1 heterocycles. The van der Waals surface area contributed by atoms with Crippen LogP contribution in [0.25, 0.3) is 0 Å². The molecule has 1 rings (SSSR count). The Bertz CT molecular complexity index is 412. The van der Waals surface area contributed by atoms with Gasteiger partial charge in [-0.05, 0) is 6.42 Å². The molecule has 19 heavy (non-hydrogen) atoms. The van der Waals surface area contributed by atoms with Crippen LogP contribution in [-0.2, 0) is 0 Å². The quantitative estimate of drug-likeness (QED) is 0.483. The molecule has 3 N–H and O–H groups in total. The van der Waals surface area contributed by atoms with Gasteiger partial charge in [0.15, 0.2) is 5.88 Å². The van der Waals surface area contributed by atoms with Gasteiger partial charge < -0.3 is 10.2 Å². The molecule has 0 aliphatic carbocycles. The number of aromatic hydroxyl groups is 2. The first-order chi connectivity index (χ1) is 9.24. The van der Waals surface area contributed by atoms with Crippen LogP contribution in [0.4, 0.5) is 0 Å². The second-order valence-corrected chi connectivity index (χ2v) is 4.94. The summed E-state index contributed by atoms with van der Waals surface area (Å²) < 4.78 is 0. The van der Waals surface area contributed by atoms with Crippen molar-refractivity contribution >= 4 is 0 Å². The molecule has 106 valence electrons. The van der Waals surface area contributed by atoms with Crippen molar-refractivity contribution in [2.45, 2.75) is 64.7 Å². The Morgan fingerprint density at radius 3 is 2.21 bits per heavy atom. The third kappa shape index (κ3) is 6.81. The van der Waals surface area contributed by atoms with Crippen molar-refractivity contribution in [3.05, 3.63) is 11.6 Å². The number of unbranched alkanes of at least 4 members (excludes halogenated alkanes) is 8. The van der Waals surface area contributed by atoms with Crippen molar-refractivity contribution in [3.8, 4) is 23.6 Å². The number of aromatic nitrogens is 1. The molecule has 0 aliphatic rings. The van der Waals surface area contributed by atoms with Crippen molar-refractivity contribution < 1.29 is 10.2 Å². The van der Waals surface area contributed by atoms with E-state index in [1.165, 1.54) is 51.0 Å². The zero-order chi connectivity index (χ0) is 13.9. The topological polar surface area (TPSA) is 56.2 Å². The summed E-state index contributed by atoms with van der Waals surface area (Å²) in [6.45, 7) is 2.24. The highest BCUT2D eigenvalue weighted by molar-refractivity contribution is 5.45. The van der Waals surface area contributed by atoms with Gasteiger partial charge in [-0.25, -0.2) is 0 Å². The monoisotopic (exact) mass is 263 g/mol. The molecule has 1 aromatic heterocycles. The largest absolute Gasteiger partial charge is 0.494 e. The lowest BCUT2D eigenvalue weighted by atomic mass is 10.1. The van der Waals surface area contributed by atoms with Gasteiger partial charge in [-0.15, -0.1) is 0 Å². The minimum atomic E-state index is -0.0547. The molecule has 0 radical (unpaired) electrons. The molecule has 0 bridgehead atoms. The molecule has 0 aliphatic heterocycles. The molecule has 1 aromatic rings. The Balaban J connectivity index is 2.04. The van der Waals surface area contributed by atoms with Gasteiger partial charge in [-0.3, -0.25) is 4.98 Å². The van der Waals surface area contributed by atoms with Crippen molar-refractivity contribution in [2.24, 2.45) is 0 Å². The molecule has 0 atom stereocenters. The fourth-order valence-corrected chi connectivity index (χ4v) is 2.03. The predicted octanol–water partition coefficient (Wildman–Crippen LogP) is 4.31. The Hall–Kier alpha value is -1.56. The number of nitrogens with one attached hydrogen (secondary N) is 1. The third-order valence-corrected chi connectivity index (χ3v) is 3.16. The zero-order valence-electron chi connectivity index (χ0n) is 11.8. The van der Waals surface area contributed by atoms with Gasteiger partial charge in [0.2, 0.25) is 5.88 Å². The van der Waals surface area contributed by atoms with Crippen LogP contribution in [0.5, 0.6) is 11.8 Å². The summed E-state index contributed by atoms with van der Waals surface area (Å²) in [6.07, 6.45) is 11.2. The molecule has 0 fully saturated rings. The molecule has 3 heteroatoms. The molecule has 3 nitrogen and oxygen atoms in total. The molecule has 0 amide bonds. The summed E-state index contributed by atoms with van der Waals surface area (Å²) in [5.41, 5.74) is 0.470. The van der Waals surface area contributed by atoms with E-state index in [1.54, 1.807) is 0 Å². The lowest BCUT2D eigenvalue weighted by Crippen LogP contribution is -1.80. The van der Waals surface area contributed by atoms with Gasteiger partial charge in [0, 0.05) is 12.5 Å². The van der Waals surface area contributed by atoms with Gasteiger partial charge in [-0.1, -0.05) is 63.7 Å². The van der Waals surface area contributed by atoms with Crippen LogP contribution in [0.15, 0.2) is 6.07 Å². The van der Waals surface area contributed by atoms with E-state index in [9.17, 15) is 5.11 Å². The van der Waals surface area contributed by atoms with Gasteiger partial charge >= 0.3 is 0 Å². The fourth-order valence-electron chi connectivity index (χ4n) is 2.03. The molecular weight excluding hydrogens is 238 g/mol. The van der Waals surface area contributed by atoms with Crippen LogP contribution >= 0.6 is 0 Å². The van der Waals surface area contributed by atoms with E-state index < -0.39 is 0 Å². The van der Waals surface area contributed by atoms with Gasteiger partial charge in [0.25, 0.3) is 0 Å². The first kappa shape index (κ1) is 15.5. The van der Waals surface area contributed by atoms with Crippen molar-refractivity contribution in [3.63, 3.8) is 0 Å². The molecule has 0 saturated carbocycles. The smallest absolute Gasteiger partial charge is 0.207 e. The number of hydrogen-bond acceptors (Lipinski definition) is 2. The van der Waals surface area contributed by atoms with E-state index in [4.69, 9.17) is 5.11 Å². The molecule has 0 saturated heterocycles. The summed E-state index contributed by atoms with van der Waals surface area (Å²) in [6, 6.07) is 1.44. The van der Waals surface area contributed by atoms with E-state index in [2.05, 4.69) is 23.7 Å². The van der Waals surface area contributed by atoms with Crippen LogP contribution in [0.3, 0.4) is 0 Å². The van der Waals surface area contributed by atoms with Crippen molar-refractivity contribution in [1.29, 1.82) is 0 Å². The highest BCUT2D eigenvalue weighted by Gasteiger charge is 2.01. The number of H-pyrrole nitrogens is 1. The lowest BCUT2D eigenvalue weighted by Gasteiger charge is -1.99. The molecule has 0 spiro atoms. The number of rotatable bonds is 8. The van der Waals surface area contributed by atoms with Crippen LogP contribution in [0, 0.1) is 11.8 Å². The third-order valence-electron chi connectivity index (χ3n) is 3.16. The molecule has 0 unspecified atom stereocenters. The SMILES string of the molecule is CCCCCCCCCCC#Cc1cc(O)[nH]c1O. The standard InChI is InChI=1S/C16H25NO2/c1-2-3-4-5-6-7-8-9-10-11-12-14-13-15(18)17-16(14)19/h13,17-19H,2-10H2,1H3. The maximum Gasteiger partial charge on any atom is 0.207 e. The number of hydrogen-bond donors (Lipinski definition) is 3. The van der Waals surface area contributed by atoms with Crippen molar-refractivity contribution in [2.75, 3.05) is 0 Å². The van der Waals surface area contributed by atoms with Crippen LogP contribution in [-0.4, -0.2) is 15.2 Å². The highest BCUT2D eigenvalue weighted by atomic mass is 16.3. The average molecular weight is 263 g/mol. The van der Waals surface area contributed by atoms with Gasteiger partial charge in [0.1, 0.15) is 0 Å². The maximum atomic E-state index is 9.36. The summed E-state index contributed by atoms with van der Waals surface area (Å²) in [5, 5.41) is 18.5. The van der Waals surface area contributed by atoms with E-state index in [-0.39, 0.29) is 11.8 Å². The zero-order valence-corrected chi connectivity index (χ0v) is 11.8. The normalized spacial score (nSPS) is 10.2. The summed E-state index contributed by atoms with van der Waals surface area (Å²) in [4.78, 5) is 2.40. The molecular formula is C16H25NO2. The van der Waals surface area contributed by atoms with Gasteiger partial charge in [0.05, 0.1) is 5.56 Å². The summed E-state index contributed by atoms with van der Waals surface area (Å²) in [5.74, 6) is 5.79. The minimum absolute atomic E-state index is 0.0473. The van der Waals surface area contributed by atoms with E-state index >= 15 is 0 Å². The van der Waals surface area contributed by atoms with Crippen LogP contribution in [0.1, 0.15) is 70.3 Å². The second kappa shape index (κ2) is 9.38. The maximum absolute atomic E-state index is 9.36. The summed E-state index contributed by atoms with van der Waals surface area (Å²) in [7, 11) is 0. The predicted molar refractivity (Wildman–Crippen MR) is 78.2 cm³/mol.